The van der Waals surface area contributed by atoms with Crippen LogP contribution in [0.5, 0.6) is 0 Å². The molecule has 0 N–H and O–H groups in total. The van der Waals surface area contributed by atoms with Crippen LogP contribution in [0, 0.1) is 19.8 Å². The molecule has 4 rings (SSSR count). The third kappa shape index (κ3) is 4.51. The Labute approximate surface area is 167 Å². The molecule has 2 heteroatoms. The Kier molecular flexibility index (Phi) is 5.57. The van der Waals surface area contributed by atoms with E-state index in [1.807, 2.05) is 18.2 Å². The van der Waals surface area contributed by atoms with E-state index in [-0.39, 0.29) is 6.04 Å². The number of aryl methyl sites for hydroxylation is 2. The first-order valence-corrected chi connectivity index (χ1v) is 10.0. The fourth-order valence-corrected chi connectivity index (χ4v) is 3.77. The van der Waals surface area contributed by atoms with Gasteiger partial charge in [-0.3, -0.25) is 0 Å². The van der Waals surface area contributed by atoms with Gasteiger partial charge in [0.25, 0.3) is 0 Å². The van der Waals surface area contributed by atoms with Crippen LogP contribution >= 0.6 is 0 Å². The molecule has 0 aromatic heterocycles. The van der Waals surface area contributed by atoms with Gasteiger partial charge in [0.15, 0.2) is 0 Å². The summed E-state index contributed by atoms with van der Waals surface area (Å²) < 4.78 is 6.00. The number of benzene rings is 3. The smallest absolute Gasteiger partial charge is 0.216 e. The molecule has 1 aliphatic heterocycles. The molecule has 0 radical (unpaired) electrons. The van der Waals surface area contributed by atoms with Gasteiger partial charge in [-0.2, -0.15) is 0 Å². The van der Waals surface area contributed by atoms with Gasteiger partial charge in [-0.05, 0) is 55.9 Å². The van der Waals surface area contributed by atoms with E-state index in [9.17, 15) is 0 Å². The summed E-state index contributed by atoms with van der Waals surface area (Å²) in [6.07, 6.45) is 2.02. The van der Waals surface area contributed by atoms with Crippen LogP contribution in [-0.4, -0.2) is 18.5 Å². The first kappa shape index (κ1) is 18.5. The van der Waals surface area contributed by atoms with E-state index in [0.717, 1.165) is 24.3 Å². The second-order valence-electron chi connectivity index (χ2n) is 7.82. The van der Waals surface area contributed by atoms with Crippen molar-refractivity contribution in [3.8, 4) is 0 Å². The van der Waals surface area contributed by atoms with E-state index in [2.05, 4.69) is 74.5 Å². The van der Waals surface area contributed by atoms with Crippen molar-refractivity contribution in [2.45, 2.75) is 32.7 Å². The molecule has 1 aliphatic rings. The largest absolute Gasteiger partial charge is 0.475 e. The molecule has 142 valence electrons. The van der Waals surface area contributed by atoms with E-state index in [4.69, 9.17) is 9.73 Å². The second kappa shape index (κ2) is 8.43. The zero-order valence-electron chi connectivity index (χ0n) is 16.6. The van der Waals surface area contributed by atoms with E-state index >= 15 is 0 Å². The lowest BCUT2D eigenvalue weighted by Crippen LogP contribution is -2.24. The number of hydrogen-bond acceptors (Lipinski definition) is 2. The van der Waals surface area contributed by atoms with Gasteiger partial charge >= 0.3 is 0 Å². The van der Waals surface area contributed by atoms with Gasteiger partial charge in [-0.25, -0.2) is 4.99 Å². The molecular weight excluding hydrogens is 342 g/mol. The average Bonchev–Trinajstić information content (AvgIpc) is 3.22. The number of ether oxygens (including phenoxy) is 1. The Morgan fingerprint density at radius 3 is 1.86 bits per heavy atom. The number of aliphatic imine (C=N–C) groups is 1. The molecule has 3 aromatic carbocycles. The number of hydrogen-bond donors (Lipinski definition) is 0. The zero-order valence-corrected chi connectivity index (χ0v) is 16.6. The molecule has 0 saturated carbocycles. The predicted molar refractivity (Wildman–Crippen MR) is 116 cm³/mol. The lowest BCUT2D eigenvalue weighted by atomic mass is 9.87. The van der Waals surface area contributed by atoms with Crippen LogP contribution in [0.4, 0.5) is 0 Å². The highest BCUT2D eigenvalue weighted by molar-refractivity contribution is 5.95. The van der Waals surface area contributed by atoms with Gasteiger partial charge in [0, 0.05) is 5.56 Å². The van der Waals surface area contributed by atoms with Crippen LogP contribution in [0.2, 0.25) is 0 Å². The average molecular weight is 370 g/mol. The predicted octanol–water partition coefficient (Wildman–Crippen LogP) is 5.55. The topological polar surface area (TPSA) is 21.6 Å². The summed E-state index contributed by atoms with van der Waals surface area (Å²) in [5, 5.41) is 0. The Bertz CT molecular complexity index is 879. The molecule has 0 fully saturated rings. The summed E-state index contributed by atoms with van der Waals surface area (Å²) in [5.74, 6) is 1.19. The minimum atomic E-state index is 0.179. The Morgan fingerprint density at radius 1 is 0.786 bits per heavy atom. The molecule has 0 spiro atoms. The molecule has 0 saturated heterocycles. The van der Waals surface area contributed by atoms with Gasteiger partial charge in [0.1, 0.15) is 6.61 Å². The summed E-state index contributed by atoms with van der Waals surface area (Å²) in [7, 11) is 0. The minimum absolute atomic E-state index is 0.179. The SMILES string of the molecule is Cc1ccc(CC(Cc2ccc(C)cc2)[C@@H]2COC(c3ccccc3)=N2)cc1. The van der Waals surface area contributed by atoms with Crippen molar-refractivity contribution in [1.29, 1.82) is 0 Å². The highest BCUT2D eigenvalue weighted by Gasteiger charge is 2.28. The van der Waals surface area contributed by atoms with Gasteiger partial charge in [0.2, 0.25) is 5.90 Å². The van der Waals surface area contributed by atoms with Crippen LogP contribution < -0.4 is 0 Å². The summed E-state index contributed by atoms with van der Waals surface area (Å²) in [6.45, 7) is 4.93. The maximum Gasteiger partial charge on any atom is 0.216 e. The lowest BCUT2D eigenvalue weighted by Gasteiger charge is -2.21. The number of nitrogens with zero attached hydrogens (tertiary/aromatic N) is 1. The van der Waals surface area contributed by atoms with Crippen molar-refractivity contribution in [3.05, 3.63) is 107 Å². The van der Waals surface area contributed by atoms with E-state index in [1.54, 1.807) is 0 Å². The summed E-state index contributed by atoms with van der Waals surface area (Å²) in [4.78, 5) is 4.98. The second-order valence-corrected chi connectivity index (χ2v) is 7.82. The molecule has 3 aromatic rings. The summed E-state index contributed by atoms with van der Waals surface area (Å²) >= 11 is 0. The lowest BCUT2D eigenvalue weighted by molar-refractivity contribution is 0.275. The monoisotopic (exact) mass is 369 g/mol. The summed E-state index contributed by atoms with van der Waals surface area (Å²) in [5.41, 5.74) is 6.39. The zero-order chi connectivity index (χ0) is 19.3. The van der Waals surface area contributed by atoms with Crippen molar-refractivity contribution in [1.82, 2.24) is 0 Å². The highest BCUT2D eigenvalue weighted by atomic mass is 16.5. The molecule has 0 aliphatic carbocycles. The van der Waals surface area contributed by atoms with Gasteiger partial charge < -0.3 is 4.74 Å². The highest BCUT2D eigenvalue weighted by Crippen LogP contribution is 2.25. The van der Waals surface area contributed by atoms with Crippen LogP contribution in [0.1, 0.15) is 27.8 Å². The van der Waals surface area contributed by atoms with Gasteiger partial charge in [-0.15, -0.1) is 0 Å². The molecular formula is C26H27NO. The quantitative estimate of drug-likeness (QED) is 0.558. The van der Waals surface area contributed by atoms with Crippen molar-refractivity contribution in [2.24, 2.45) is 10.9 Å². The molecule has 1 heterocycles. The first-order chi connectivity index (χ1) is 13.7. The van der Waals surface area contributed by atoms with Crippen molar-refractivity contribution < 1.29 is 4.74 Å². The molecule has 0 unspecified atom stereocenters. The van der Waals surface area contributed by atoms with Crippen LogP contribution in [0.15, 0.2) is 83.9 Å². The fraction of sp³-hybridized carbons (Fsp3) is 0.269. The van der Waals surface area contributed by atoms with Gasteiger partial charge in [0.05, 0.1) is 6.04 Å². The van der Waals surface area contributed by atoms with Crippen molar-refractivity contribution in [2.75, 3.05) is 6.61 Å². The van der Waals surface area contributed by atoms with Crippen LogP contribution in [0.3, 0.4) is 0 Å². The first-order valence-electron chi connectivity index (χ1n) is 10.0. The maximum absolute atomic E-state index is 6.00. The van der Waals surface area contributed by atoms with Crippen molar-refractivity contribution in [3.63, 3.8) is 0 Å². The molecule has 1 atom stereocenters. The minimum Gasteiger partial charge on any atom is -0.475 e. The Hall–Kier alpha value is -2.87. The third-order valence-corrected chi connectivity index (χ3v) is 5.48. The normalized spacial score (nSPS) is 16.1. The third-order valence-electron chi connectivity index (χ3n) is 5.48. The molecule has 0 bridgehead atoms. The van der Waals surface area contributed by atoms with Gasteiger partial charge in [-0.1, -0.05) is 77.9 Å². The maximum atomic E-state index is 6.00. The Morgan fingerprint density at radius 2 is 1.32 bits per heavy atom. The number of rotatable bonds is 6. The summed E-state index contributed by atoms with van der Waals surface area (Å²) in [6, 6.07) is 28.2. The molecule has 0 amide bonds. The van der Waals surface area contributed by atoms with Crippen LogP contribution in [-0.2, 0) is 17.6 Å². The van der Waals surface area contributed by atoms with Crippen LogP contribution in [0.25, 0.3) is 0 Å². The van der Waals surface area contributed by atoms with E-state index in [0.29, 0.717) is 12.5 Å². The van der Waals surface area contributed by atoms with E-state index in [1.165, 1.54) is 22.3 Å². The molecule has 2 nitrogen and oxygen atoms in total. The van der Waals surface area contributed by atoms with Crippen molar-refractivity contribution >= 4 is 5.90 Å². The fourth-order valence-electron chi connectivity index (χ4n) is 3.77. The molecule has 28 heavy (non-hydrogen) atoms. The van der Waals surface area contributed by atoms with E-state index < -0.39 is 0 Å². The Balaban J connectivity index is 1.57. The standard InChI is InChI=1S/C26H27NO/c1-19-8-12-21(13-9-19)16-24(17-22-14-10-20(2)11-15-22)25-18-28-26(27-25)23-6-4-3-5-7-23/h3-15,24-25H,16-18H2,1-2H3/t25-/m0/s1.